The molecule has 2 aliphatic carbocycles. The lowest BCUT2D eigenvalue weighted by Gasteiger charge is -2.51. The first kappa shape index (κ1) is 61.6. The topological polar surface area (TPSA) is 9.72 Å². The number of fused-ring (bicyclic) bond motifs is 8. The van der Waals surface area contributed by atoms with Crippen LogP contribution in [0.4, 0.5) is 45.5 Å². The zero-order chi connectivity index (χ0) is 65.6. The van der Waals surface area contributed by atoms with Crippen molar-refractivity contribution in [1.29, 1.82) is 0 Å². The molecule has 3 nitrogen and oxygen atoms in total. The van der Waals surface area contributed by atoms with Crippen LogP contribution in [0.3, 0.4) is 0 Å². The normalized spacial score (nSPS) is 19.4. The van der Waals surface area contributed by atoms with Gasteiger partial charge in [0.25, 0.3) is 6.71 Å². The molecule has 2 atom stereocenters. The fraction of sp³-hybridized carbons (Fsp3) is 0.311. The Hall–Kier alpha value is -8.60. The lowest BCUT2D eigenvalue weighted by molar-refractivity contribution is 0.195. The minimum absolute atomic E-state index is 0.0233. The maximum Gasteiger partial charge on any atom is 0.252 e. The molecule has 3 heterocycles. The zero-order valence-corrected chi connectivity index (χ0v) is 58.5. The molecule has 4 heteroatoms. The highest BCUT2D eigenvalue weighted by Gasteiger charge is 2.58. The van der Waals surface area contributed by atoms with Crippen molar-refractivity contribution >= 4 is 80.2 Å². The van der Waals surface area contributed by atoms with Crippen LogP contribution in [0.1, 0.15) is 192 Å². The SMILES string of the molecule is CC(C)(C)c1ccc(N2c3cc(N4c5ccc(/C(=C\c6ccccc6)c6ccccc6)cc5C5(C)CCCCC45C)ccc3B3c4cc5c(cc4N(c4ccc(C(C)(C)C)cc4-c4ccccc4)c4cc(C(C)(C)C)cc2c43)C(C)(C)CCC5(C)C)c(-c2ccccc2)c1. The van der Waals surface area contributed by atoms with E-state index in [2.05, 4.69) is 343 Å². The van der Waals surface area contributed by atoms with E-state index in [-0.39, 0.29) is 44.7 Å². The van der Waals surface area contributed by atoms with Crippen molar-refractivity contribution in [1.82, 2.24) is 0 Å². The lowest BCUT2D eigenvalue weighted by Crippen LogP contribution is -2.62. The smallest absolute Gasteiger partial charge is 0.252 e. The van der Waals surface area contributed by atoms with Crippen LogP contribution in [0, 0.1) is 0 Å². The molecule has 0 radical (unpaired) electrons. The number of rotatable bonds is 8. The molecule has 1 saturated carbocycles. The Morgan fingerprint density at radius 1 is 0.383 bits per heavy atom. The van der Waals surface area contributed by atoms with E-state index in [0.717, 1.165) is 25.7 Å². The molecule has 10 aromatic rings. The van der Waals surface area contributed by atoms with Crippen molar-refractivity contribution in [2.24, 2.45) is 0 Å². The van der Waals surface area contributed by atoms with Gasteiger partial charge in [-0.25, -0.2) is 0 Å². The van der Waals surface area contributed by atoms with Gasteiger partial charge in [0, 0.05) is 50.7 Å². The second-order valence-corrected chi connectivity index (χ2v) is 33.2. The molecule has 0 saturated heterocycles. The van der Waals surface area contributed by atoms with E-state index in [1.807, 2.05) is 0 Å². The molecule has 2 unspecified atom stereocenters. The quantitative estimate of drug-likeness (QED) is 0.111. The van der Waals surface area contributed by atoms with Gasteiger partial charge in [-0.15, -0.1) is 0 Å². The number of hydrogen-bond acceptors (Lipinski definition) is 3. The fourth-order valence-corrected chi connectivity index (χ4v) is 17.2. The number of anilines is 8. The second-order valence-electron chi connectivity index (χ2n) is 33.2. The van der Waals surface area contributed by atoms with Gasteiger partial charge in [-0.05, 0) is 216 Å². The van der Waals surface area contributed by atoms with Gasteiger partial charge in [-0.2, -0.15) is 0 Å². The molecule has 472 valence electrons. The summed E-state index contributed by atoms with van der Waals surface area (Å²) in [6, 6.07) is 85.1. The van der Waals surface area contributed by atoms with Crippen molar-refractivity contribution in [3.63, 3.8) is 0 Å². The van der Waals surface area contributed by atoms with Crippen LogP contribution in [0.25, 0.3) is 33.9 Å². The highest BCUT2D eigenvalue weighted by Crippen LogP contribution is 2.62. The molecule has 0 N–H and O–H groups in total. The minimum atomic E-state index is -0.214. The summed E-state index contributed by atoms with van der Waals surface area (Å²) in [5.74, 6) is 0. The molecule has 15 rings (SSSR count). The van der Waals surface area contributed by atoms with Gasteiger partial charge in [-0.3, -0.25) is 0 Å². The third kappa shape index (κ3) is 9.96. The molecule has 1 fully saturated rings. The lowest BCUT2D eigenvalue weighted by atomic mass is 9.33. The van der Waals surface area contributed by atoms with Gasteiger partial charge < -0.3 is 14.7 Å². The van der Waals surface area contributed by atoms with Crippen LogP contribution in [0.2, 0.25) is 0 Å². The highest BCUT2D eigenvalue weighted by molar-refractivity contribution is 7.00. The summed E-state index contributed by atoms with van der Waals surface area (Å²) in [4.78, 5) is 8.31. The molecule has 0 spiro atoms. The maximum absolute atomic E-state index is 2.82. The summed E-state index contributed by atoms with van der Waals surface area (Å²) in [6.45, 7) is 36.5. The highest BCUT2D eigenvalue weighted by atomic mass is 15.3. The molecule has 0 aromatic heterocycles. The summed E-state index contributed by atoms with van der Waals surface area (Å²) in [5, 5.41) is 0. The molecular weight excluding hydrogens is 1130 g/mol. The Morgan fingerprint density at radius 2 is 0.872 bits per heavy atom. The first-order valence-electron chi connectivity index (χ1n) is 35.0. The average molecular weight is 1230 g/mol. The Balaban J connectivity index is 1.04. The Labute approximate surface area is 562 Å². The molecule has 5 aliphatic rings. The summed E-state index contributed by atoms with van der Waals surface area (Å²) >= 11 is 0. The standard InChI is InChI=1S/C90H94BN3/c1-84(2,3)64-39-44-76(69(52-64)61-34-24-18-25-35-61)92-79-56-67(94-78-43-38-63(51-73(78)89(14)46-28-29-47-90(89,94)15)68(60-32-22-17-23-33-60)50-59-30-20-16-21-31-59)41-42-74(79)91-75-57-71-72(88(12,13)49-48-87(71,10)11)58-80(75)93(82-55-66(86(7,8)9)54-81(92)83(82)91)77-45-40-65(85(4,5)6)53-70(77)62-36-26-19-27-37-62/h16-27,30-45,50-58H,28-29,46-49H2,1-15H3/b68-50-. The van der Waals surface area contributed by atoms with Crippen molar-refractivity contribution in [3.05, 3.63) is 268 Å². The van der Waals surface area contributed by atoms with Crippen LogP contribution in [0.15, 0.2) is 218 Å². The number of hydrogen-bond donors (Lipinski definition) is 0. The molecular formula is C90H94BN3. The monoisotopic (exact) mass is 1230 g/mol. The van der Waals surface area contributed by atoms with Crippen LogP contribution < -0.4 is 31.1 Å². The third-order valence-corrected chi connectivity index (χ3v) is 23.1. The largest absolute Gasteiger partial charge is 0.334 e. The zero-order valence-electron chi connectivity index (χ0n) is 58.5. The van der Waals surface area contributed by atoms with Crippen molar-refractivity contribution in [3.8, 4) is 22.3 Å². The summed E-state index contributed by atoms with van der Waals surface area (Å²) in [5.41, 5.74) is 31.5. The van der Waals surface area contributed by atoms with Crippen LogP contribution in [-0.2, 0) is 32.5 Å². The van der Waals surface area contributed by atoms with Crippen LogP contribution >= 0.6 is 0 Å². The fourth-order valence-electron chi connectivity index (χ4n) is 17.2. The molecule has 10 aromatic carbocycles. The van der Waals surface area contributed by atoms with Gasteiger partial charge in [0.05, 0.1) is 16.9 Å². The van der Waals surface area contributed by atoms with E-state index < -0.39 is 0 Å². The number of benzene rings is 10. The van der Waals surface area contributed by atoms with Crippen LogP contribution in [-0.4, -0.2) is 12.3 Å². The first-order valence-corrected chi connectivity index (χ1v) is 35.0. The Morgan fingerprint density at radius 3 is 1.41 bits per heavy atom. The van der Waals surface area contributed by atoms with Gasteiger partial charge in [0.15, 0.2) is 0 Å². The average Bonchev–Trinajstić information content (AvgIpc) is 1.05. The minimum Gasteiger partial charge on any atom is -0.334 e. The third-order valence-electron chi connectivity index (χ3n) is 23.1. The number of nitrogens with zero attached hydrogens (tertiary/aromatic N) is 3. The first-order chi connectivity index (χ1) is 44.7. The van der Waals surface area contributed by atoms with E-state index in [1.165, 1.54) is 153 Å². The van der Waals surface area contributed by atoms with Crippen LogP contribution in [0.5, 0.6) is 0 Å². The molecule has 94 heavy (non-hydrogen) atoms. The Kier molecular flexibility index (Phi) is 14.4. The van der Waals surface area contributed by atoms with Crippen molar-refractivity contribution in [2.75, 3.05) is 14.7 Å². The van der Waals surface area contributed by atoms with E-state index in [0.29, 0.717) is 0 Å². The van der Waals surface area contributed by atoms with E-state index in [1.54, 1.807) is 0 Å². The van der Waals surface area contributed by atoms with Crippen molar-refractivity contribution in [2.45, 2.75) is 180 Å². The van der Waals surface area contributed by atoms with Crippen molar-refractivity contribution < 1.29 is 0 Å². The predicted molar refractivity (Wildman–Crippen MR) is 405 cm³/mol. The van der Waals surface area contributed by atoms with E-state index in [9.17, 15) is 0 Å². The summed E-state index contributed by atoms with van der Waals surface area (Å²) < 4.78 is 0. The van der Waals surface area contributed by atoms with Gasteiger partial charge in [0.1, 0.15) is 0 Å². The van der Waals surface area contributed by atoms with E-state index in [4.69, 9.17) is 0 Å². The second kappa shape index (κ2) is 22.0. The van der Waals surface area contributed by atoms with Gasteiger partial charge in [-0.1, -0.05) is 261 Å². The maximum atomic E-state index is 2.82. The van der Waals surface area contributed by atoms with Gasteiger partial charge >= 0.3 is 0 Å². The summed E-state index contributed by atoms with van der Waals surface area (Å²) in [7, 11) is 0. The molecule has 0 bridgehead atoms. The summed E-state index contributed by atoms with van der Waals surface area (Å²) in [6.07, 6.45) is 9.28. The predicted octanol–water partition coefficient (Wildman–Crippen LogP) is 22.7. The Bertz CT molecular complexity index is 4650. The van der Waals surface area contributed by atoms with Gasteiger partial charge in [0.2, 0.25) is 0 Å². The van der Waals surface area contributed by atoms with E-state index >= 15 is 0 Å². The molecule has 0 amide bonds. The molecule has 3 aliphatic heterocycles.